The lowest BCUT2D eigenvalue weighted by atomic mass is 10.3. The first-order valence-corrected chi connectivity index (χ1v) is 8.01. The van der Waals surface area contributed by atoms with E-state index in [1.165, 1.54) is 24.4 Å². The molecule has 1 aromatic carbocycles. The number of benzene rings is 1. The van der Waals surface area contributed by atoms with Crippen LogP contribution in [0.4, 0.5) is 10.1 Å². The highest BCUT2D eigenvalue weighted by Gasteiger charge is 2.18. The van der Waals surface area contributed by atoms with E-state index < -0.39 is 15.8 Å². The maximum atomic E-state index is 13.1. The average Bonchev–Trinajstić information content (AvgIpc) is 2.86. The van der Waals surface area contributed by atoms with Gasteiger partial charge < -0.3 is 9.67 Å². The largest absolute Gasteiger partial charge is 0.390 e. The van der Waals surface area contributed by atoms with Crippen molar-refractivity contribution < 1.29 is 17.9 Å². The van der Waals surface area contributed by atoms with Crippen LogP contribution in [-0.2, 0) is 23.2 Å². The summed E-state index contributed by atoms with van der Waals surface area (Å²) in [4.78, 5) is 0.0221. The molecule has 0 aliphatic rings. The summed E-state index contributed by atoms with van der Waals surface area (Å²) in [5, 5.41) is 9.02. The Balaban J connectivity index is 2.33. The van der Waals surface area contributed by atoms with E-state index in [9.17, 15) is 17.9 Å². The Morgan fingerprint density at radius 1 is 1.38 bits per heavy atom. The molecule has 0 atom stereocenters. The molecule has 21 heavy (non-hydrogen) atoms. The number of nitrogens with zero attached hydrogens (tertiary/aromatic N) is 1. The number of nitrogens with one attached hydrogen (secondary N) is 1. The Kier molecular flexibility index (Phi) is 4.55. The minimum absolute atomic E-state index is 0.0221. The molecule has 0 aliphatic carbocycles. The molecule has 1 aromatic heterocycles. The van der Waals surface area contributed by atoms with E-state index in [0.29, 0.717) is 12.2 Å². The molecule has 2 aromatic rings. The predicted molar refractivity (Wildman–Crippen MR) is 78.2 cm³/mol. The molecule has 0 amide bonds. The van der Waals surface area contributed by atoms with Gasteiger partial charge in [-0.25, -0.2) is 12.8 Å². The number of hydrogen-bond donors (Lipinski definition) is 2. The minimum Gasteiger partial charge on any atom is -0.390 e. The molecule has 0 spiro atoms. The van der Waals surface area contributed by atoms with Gasteiger partial charge in [0.25, 0.3) is 10.0 Å². The van der Waals surface area contributed by atoms with E-state index in [1.807, 2.05) is 6.92 Å². The van der Waals surface area contributed by atoms with Gasteiger partial charge in [-0.15, -0.1) is 0 Å². The monoisotopic (exact) mass is 332 g/mol. The molecule has 0 saturated carbocycles. The predicted octanol–water partition coefficient (Wildman–Crippen LogP) is 2.59. The molecule has 0 radical (unpaired) electrons. The fraction of sp³-hybridized carbons (Fsp3) is 0.231. The van der Waals surface area contributed by atoms with Gasteiger partial charge in [0.2, 0.25) is 0 Å². The first-order chi connectivity index (χ1) is 9.87. The summed E-state index contributed by atoms with van der Waals surface area (Å²) in [5.41, 5.74) is 0.659. The number of aliphatic hydroxyl groups excluding tert-OH is 1. The number of sulfonamides is 1. The van der Waals surface area contributed by atoms with Crippen molar-refractivity contribution in [3.8, 4) is 0 Å². The smallest absolute Gasteiger partial charge is 0.263 e. The summed E-state index contributed by atoms with van der Waals surface area (Å²) in [6.07, 6.45) is 1.43. The van der Waals surface area contributed by atoms with E-state index in [4.69, 9.17) is 11.6 Å². The third-order valence-corrected chi connectivity index (χ3v) is 4.58. The molecule has 0 fully saturated rings. The molecule has 0 bridgehead atoms. The van der Waals surface area contributed by atoms with E-state index in [0.717, 1.165) is 6.07 Å². The van der Waals surface area contributed by atoms with Gasteiger partial charge in [-0.2, -0.15) is 0 Å². The van der Waals surface area contributed by atoms with Gasteiger partial charge in [0.05, 0.1) is 17.3 Å². The third kappa shape index (κ3) is 3.37. The normalized spacial score (nSPS) is 11.6. The molecule has 1 heterocycles. The van der Waals surface area contributed by atoms with Crippen LogP contribution in [0.25, 0.3) is 0 Å². The summed E-state index contributed by atoms with van der Waals surface area (Å²) in [6.45, 7) is 2.11. The summed E-state index contributed by atoms with van der Waals surface area (Å²) in [5.74, 6) is -0.626. The maximum Gasteiger partial charge on any atom is 0.263 e. The standard InChI is InChI=1S/C13H14ClFN2O3S/c1-2-17-7-11(6-10(17)8-18)21(19,20)16-9-3-4-13(15)12(14)5-9/h3-7,16,18H,2,8H2,1H3. The van der Waals surface area contributed by atoms with Crippen LogP contribution in [0.1, 0.15) is 12.6 Å². The molecule has 114 valence electrons. The van der Waals surface area contributed by atoms with Gasteiger partial charge in [-0.3, -0.25) is 4.72 Å². The second kappa shape index (κ2) is 6.05. The number of hydrogen-bond acceptors (Lipinski definition) is 3. The van der Waals surface area contributed by atoms with Gasteiger partial charge in [0.1, 0.15) is 10.7 Å². The van der Waals surface area contributed by atoms with Gasteiger partial charge in [-0.1, -0.05) is 11.6 Å². The van der Waals surface area contributed by atoms with Crippen molar-refractivity contribution >= 4 is 27.3 Å². The third-order valence-electron chi connectivity index (χ3n) is 2.95. The molecule has 8 heteroatoms. The van der Waals surface area contributed by atoms with Crippen LogP contribution in [0.3, 0.4) is 0 Å². The number of halogens is 2. The highest BCUT2D eigenvalue weighted by Crippen LogP contribution is 2.23. The maximum absolute atomic E-state index is 13.1. The zero-order chi connectivity index (χ0) is 15.6. The number of rotatable bonds is 5. The molecule has 2 N–H and O–H groups in total. The second-order valence-electron chi connectivity index (χ2n) is 4.35. The number of aromatic nitrogens is 1. The van der Waals surface area contributed by atoms with Crippen LogP contribution < -0.4 is 4.72 Å². The fourth-order valence-corrected chi connectivity index (χ4v) is 3.17. The number of aliphatic hydroxyl groups is 1. The van der Waals surface area contributed by atoms with Crippen LogP contribution in [0.5, 0.6) is 0 Å². The van der Waals surface area contributed by atoms with Crippen LogP contribution in [0.15, 0.2) is 35.4 Å². The Bertz CT molecular complexity index is 737. The Morgan fingerprint density at radius 2 is 2.10 bits per heavy atom. The van der Waals surface area contributed by atoms with Gasteiger partial charge in [-0.05, 0) is 31.2 Å². The van der Waals surface area contributed by atoms with Crippen molar-refractivity contribution in [3.63, 3.8) is 0 Å². The first kappa shape index (κ1) is 15.8. The van der Waals surface area contributed by atoms with E-state index in [-0.39, 0.29) is 22.2 Å². The highest BCUT2D eigenvalue weighted by molar-refractivity contribution is 7.92. The zero-order valence-electron chi connectivity index (χ0n) is 11.2. The van der Waals surface area contributed by atoms with E-state index >= 15 is 0 Å². The van der Waals surface area contributed by atoms with Gasteiger partial charge >= 0.3 is 0 Å². The topological polar surface area (TPSA) is 71.3 Å². The van der Waals surface area contributed by atoms with Crippen molar-refractivity contribution in [2.45, 2.75) is 25.0 Å². The van der Waals surface area contributed by atoms with Crippen molar-refractivity contribution in [3.05, 3.63) is 47.0 Å². The molecule has 5 nitrogen and oxygen atoms in total. The highest BCUT2D eigenvalue weighted by atomic mass is 35.5. The van der Waals surface area contributed by atoms with Crippen LogP contribution in [-0.4, -0.2) is 18.1 Å². The minimum atomic E-state index is -3.83. The van der Waals surface area contributed by atoms with E-state index in [1.54, 1.807) is 4.57 Å². The Hall–Kier alpha value is -1.57. The quantitative estimate of drug-likeness (QED) is 0.884. The van der Waals surface area contributed by atoms with Crippen molar-refractivity contribution in [1.82, 2.24) is 4.57 Å². The molecule has 2 rings (SSSR count). The fourth-order valence-electron chi connectivity index (χ4n) is 1.87. The van der Waals surface area contributed by atoms with Crippen LogP contribution in [0.2, 0.25) is 5.02 Å². The average molecular weight is 333 g/mol. The SMILES string of the molecule is CCn1cc(S(=O)(=O)Nc2ccc(F)c(Cl)c2)cc1CO. The van der Waals surface area contributed by atoms with Crippen LogP contribution >= 0.6 is 11.6 Å². The van der Waals surface area contributed by atoms with Crippen molar-refractivity contribution in [2.24, 2.45) is 0 Å². The summed E-state index contributed by atoms with van der Waals surface area (Å²) in [6, 6.07) is 4.94. The number of aryl methyl sites for hydroxylation is 1. The summed E-state index contributed by atoms with van der Waals surface area (Å²) >= 11 is 5.62. The Morgan fingerprint density at radius 3 is 2.62 bits per heavy atom. The first-order valence-electron chi connectivity index (χ1n) is 6.15. The lowest BCUT2D eigenvalue weighted by Crippen LogP contribution is -2.12. The summed E-state index contributed by atoms with van der Waals surface area (Å²) in [7, 11) is -3.83. The molecular weight excluding hydrogens is 319 g/mol. The molecule has 0 saturated heterocycles. The molecule has 0 unspecified atom stereocenters. The van der Waals surface area contributed by atoms with Crippen molar-refractivity contribution in [2.75, 3.05) is 4.72 Å². The number of anilines is 1. The van der Waals surface area contributed by atoms with Gasteiger partial charge in [0, 0.05) is 18.4 Å². The van der Waals surface area contributed by atoms with Crippen molar-refractivity contribution in [1.29, 1.82) is 0 Å². The van der Waals surface area contributed by atoms with Crippen LogP contribution in [0, 0.1) is 5.82 Å². The Labute approximate surface area is 127 Å². The van der Waals surface area contributed by atoms with E-state index in [2.05, 4.69) is 4.72 Å². The molecule has 0 aliphatic heterocycles. The lowest BCUT2D eigenvalue weighted by Gasteiger charge is -2.07. The summed E-state index contributed by atoms with van der Waals surface area (Å²) < 4.78 is 41.5. The second-order valence-corrected chi connectivity index (χ2v) is 6.44. The molecular formula is C13H14ClFN2O3S. The van der Waals surface area contributed by atoms with Gasteiger partial charge in [0.15, 0.2) is 0 Å². The lowest BCUT2D eigenvalue weighted by molar-refractivity contribution is 0.271. The zero-order valence-corrected chi connectivity index (χ0v) is 12.7.